The summed E-state index contributed by atoms with van der Waals surface area (Å²) in [5, 5.41) is 4.99. The molecule has 11 heteroatoms. The van der Waals surface area contributed by atoms with Crippen molar-refractivity contribution in [1.29, 1.82) is 0 Å². The van der Waals surface area contributed by atoms with Crippen molar-refractivity contribution in [1.82, 2.24) is 28.9 Å². The van der Waals surface area contributed by atoms with E-state index in [1.807, 2.05) is 24.3 Å². The van der Waals surface area contributed by atoms with Gasteiger partial charge in [0.15, 0.2) is 19.0 Å². The van der Waals surface area contributed by atoms with Gasteiger partial charge in [-0.25, -0.2) is 14.8 Å². The van der Waals surface area contributed by atoms with Gasteiger partial charge < -0.3 is 8.98 Å². The largest absolute Gasteiger partial charge is 0.437 e. The Morgan fingerprint density at radius 1 is 1.23 bits per heavy atom. The number of hydrogen-bond acceptors (Lipinski definition) is 6. The van der Waals surface area contributed by atoms with Gasteiger partial charge in [-0.1, -0.05) is 23.7 Å². The molecule has 0 atom stereocenters. The minimum atomic E-state index is -0.550. The quantitative estimate of drug-likeness (QED) is 0.453. The second-order valence-electron chi connectivity index (χ2n) is 7.47. The summed E-state index contributed by atoms with van der Waals surface area (Å²) in [5.74, 6) is -0.105. The Hall–Kier alpha value is -3.14. The molecule has 0 spiro atoms. The van der Waals surface area contributed by atoms with Gasteiger partial charge >= 0.3 is 5.76 Å². The predicted molar refractivity (Wildman–Crippen MR) is 110 cm³/mol. The van der Waals surface area contributed by atoms with E-state index in [1.165, 1.54) is 21.1 Å². The number of hydrogen-bond donors (Lipinski definition) is 0. The van der Waals surface area contributed by atoms with Crippen molar-refractivity contribution in [3.8, 4) is 0 Å². The zero-order valence-corrected chi connectivity index (χ0v) is 16.8. The Bertz CT molecular complexity index is 1360. The third-order valence-corrected chi connectivity index (χ3v) is 5.82. The molecule has 2 radical (unpaired) electrons. The van der Waals surface area contributed by atoms with Crippen LogP contribution in [0.1, 0.15) is 36.3 Å². The van der Waals surface area contributed by atoms with E-state index in [0.29, 0.717) is 16.5 Å². The molecule has 1 fully saturated rings. The lowest BCUT2D eigenvalue weighted by Crippen LogP contribution is -2.37. The first-order chi connectivity index (χ1) is 14.4. The second-order valence-corrected chi connectivity index (χ2v) is 7.91. The molecule has 150 valence electrons. The van der Waals surface area contributed by atoms with Crippen molar-refractivity contribution in [3.63, 3.8) is 0 Å². The molecule has 0 amide bonds. The molecule has 1 aromatic carbocycles. The number of imidazole rings is 1. The summed E-state index contributed by atoms with van der Waals surface area (Å²) in [6, 6.07) is 7.66. The minimum absolute atomic E-state index is 0.0187. The number of aryl methyl sites for hydroxylation is 1. The van der Waals surface area contributed by atoms with Gasteiger partial charge in [-0.3, -0.25) is 9.36 Å². The molecule has 1 aliphatic rings. The summed E-state index contributed by atoms with van der Waals surface area (Å²) in [4.78, 5) is 33.3. The molecule has 1 aliphatic carbocycles. The molecule has 0 unspecified atom stereocenters. The minimum Gasteiger partial charge on any atom is -0.390 e. The van der Waals surface area contributed by atoms with E-state index < -0.39 is 5.76 Å². The number of halogens is 1. The summed E-state index contributed by atoms with van der Waals surface area (Å²) >= 11 is 5.94. The van der Waals surface area contributed by atoms with E-state index in [-0.39, 0.29) is 35.4 Å². The maximum Gasteiger partial charge on any atom is 0.437 e. The van der Waals surface area contributed by atoms with Crippen LogP contribution in [0.3, 0.4) is 0 Å². The summed E-state index contributed by atoms with van der Waals surface area (Å²) in [7, 11) is 7.61. The monoisotopic (exact) mass is 422 g/mol. The van der Waals surface area contributed by atoms with E-state index in [9.17, 15) is 9.59 Å². The van der Waals surface area contributed by atoms with Crippen LogP contribution in [-0.4, -0.2) is 36.7 Å². The Balaban J connectivity index is 1.38. The highest BCUT2D eigenvalue weighted by Crippen LogP contribution is 2.43. The molecular weight excluding hydrogens is 407 g/mol. The first-order valence-corrected chi connectivity index (χ1v) is 9.80. The topological polar surface area (TPSA) is 101 Å². The second kappa shape index (κ2) is 6.98. The average molecular weight is 423 g/mol. The Kier molecular flexibility index (Phi) is 4.39. The Labute approximate surface area is 176 Å². The maximum atomic E-state index is 12.8. The third kappa shape index (κ3) is 3.07. The molecule has 0 aliphatic heterocycles. The van der Waals surface area contributed by atoms with Crippen LogP contribution in [0.2, 0.25) is 5.02 Å². The van der Waals surface area contributed by atoms with Crippen LogP contribution in [0.5, 0.6) is 0 Å². The van der Waals surface area contributed by atoms with E-state index in [1.54, 1.807) is 11.6 Å². The fourth-order valence-corrected chi connectivity index (χ4v) is 3.98. The van der Waals surface area contributed by atoms with E-state index >= 15 is 0 Å². The van der Waals surface area contributed by atoms with Crippen LogP contribution in [0.15, 0.2) is 44.6 Å². The van der Waals surface area contributed by atoms with Gasteiger partial charge in [-0.2, -0.15) is 4.68 Å². The van der Waals surface area contributed by atoms with Crippen LogP contribution in [-0.2, 0) is 13.6 Å². The van der Waals surface area contributed by atoms with Gasteiger partial charge in [0.25, 0.3) is 5.56 Å². The van der Waals surface area contributed by atoms with E-state index in [4.69, 9.17) is 23.9 Å². The molecule has 3 heterocycles. The standard InChI is InChI=1S/C19H16BClN6O3/c1-25-9-22-16-15(25)17(28)26(18(20)23-16)8-14-24-27(19(29)30-14)13-6-11(7-13)10-2-4-12(21)5-3-10/h2-5,9,11,13H,6-8H2,1H3. The van der Waals surface area contributed by atoms with Crippen LogP contribution in [0, 0.1) is 0 Å². The lowest BCUT2D eigenvalue weighted by atomic mass is 9.76. The fraction of sp³-hybridized carbons (Fsp3) is 0.316. The van der Waals surface area contributed by atoms with E-state index in [2.05, 4.69) is 15.1 Å². The van der Waals surface area contributed by atoms with Crippen molar-refractivity contribution in [2.24, 2.45) is 7.05 Å². The van der Waals surface area contributed by atoms with E-state index in [0.717, 1.165) is 12.8 Å². The number of aromatic nitrogens is 6. The Morgan fingerprint density at radius 2 is 1.97 bits per heavy atom. The van der Waals surface area contributed by atoms with Crippen LogP contribution in [0.25, 0.3) is 11.2 Å². The first kappa shape index (κ1) is 18.9. The lowest BCUT2D eigenvalue weighted by Gasteiger charge is -2.34. The summed E-state index contributed by atoms with van der Waals surface area (Å²) in [5.41, 5.74) is 1.38. The summed E-state index contributed by atoms with van der Waals surface area (Å²) in [6.45, 7) is -0.0889. The maximum absolute atomic E-state index is 12.8. The summed E-state index contributed by atoms with van der Waals surface area (Å²) < 4.78 is 9.41. The molecule has 0 N–H and O–H groups in total. The fourth-order valence-electron chi connectivity index (χ4n) is 3.85. The van der Waals surface area contributed by atoms with Crippen molar-refractivity contribution in [3.05, 3.63) is 68.0 Å². The van der Waals surface area contributed by atoms with Gasteiger partial charge in [0.05, 0.1) is 18.1 Å². The number of rotatable bonds is 4. The molecule has 30 heavy (non-hydrogen) atoms. The molecule has 0 saturated heterocycles. The number of nitrogens with zero attached hydrogens (tertiary/aromatic N) is 6. The highest BCUT2D eigenvalue weighted by Gasteiger charge is 2.34. The normalized spacial score (nSPS) is 18.6. The Morgan fingerprint density at radius 3 is 2.70 bits per heavy atom. The molecule has 5 rings (SSSR count). The third-order valence-electron chi connectivity index (χ3n) is 5.57. The molecule has 3 aromatic heterocycles. The van der Waals surface area contributed by atoms with Crippen molar-refractivity contribution >= 4 is 36.3 Å². The van der Waals surface area contributed by atoms with Crippen LogP contribution >= 0.6 is 11.6 Å². The number of benzene rings is 1. The molecule has 4 aromatic rings. The average Bonchev–Trinajstić information content (AvgIpc) is 3.22. The highest BCUT2D eigenvalue weighted by molar-refractivity contribution is 6.30. The molecule has 0 bridgehead atoms. The predicted octanol–water partition coefficient (Wildman–Crippen LogP) is 0.894. The summed E-state index contributed by atoms with van der Waals surface area (Å²) in [6.07, 6.45) is 3.04. The molecule has 9 nitrogen and oxygen atoms in total. The van der Waals surface area contributed by atoms with Gasteiger partial charge in [0.1, 0.15) is 6.54 Å². The van der Waals surface area contributed by atoms with Gasteiger partial charge in [-0.15, -0.1) is 5.10 Å². The lowest BCUT2D eigenvalue weighted by molar-refractivity contribution is 0.233. The highest BCUT2D eigenvalue weighted by atomic mass is 35.5. The smallest absolute Gasteiger partial charge is 0.390 e. The van der Waals surface area contributed by atoms with Crippen LogP contribution < -0.4 is 17.0 Å². The molecule has 1 saturated carbocycles. The SMILES string of the molecule is [B]c1nc2ncn(C)c2c(=O)n1Cc1nn(C2CC(c3ccc(Cl)cc3)C2)c(=O)o1. The molecular formula is C19H16BClN6O3. The van der Waals surface area contributed by atoms with Gasteiger partial charge in [0, 0.05) is 12.1 Å². The van der Waals surface area contributed by atoms with Crippen molar-refractivity contribution in [2.75, 3.05) is 0 Å². The van der Waals surface area contributed by atoms with Crippen molar-refractivity contribution < 1.29 is 4.42 Å². The zero-order valence-electron chi connectivity index (χ0n) is 16.0. The number of fused-ring (bicyclic) bond motifs is 1. The van der Waals surface area contributed by atoms with Crippen LogP contribution in [0.4, 0.5) is 0 Å². The first-order valence-electron chi connectivity index (χ1n) is 9.42. The zero-order chi connectivity index (χ0) is 21.0. The van der Waals surface area contributed by atoms with Gasteiger partial charge in [0.2, 0.25) is 5.89 Å². The van der Waals surface area contributed by atoms with Gasteiger partial charge in [-0.05, 0) is 36.5 Å². The van der Waals surface area contributed by atoms with Crippen molar-refractivity contribution in [2.45, 2.75) is 31.3 Å².